The maximum Gasteiger partial charge on any atom is 0.267 e. The lowest BCUT2D eigenvalue weighted by Gasteiger charge is -2.32. The van der Waals surface area contributed by atoms with Gasteiger partial charge in [-0.1, -0.05) is 23.7 Å². The summed E-state index contributed by atoms with van der Waals surface area (Å²) < 4.78 is 13.5. The molecule has 1 saturated heterocycles. The molecular formula is C25H25ClFN7OS. The third-order valence-electron chi connectivity index (χ3n) is 6.13. The summed E-state index contributed by atoms with van der Waals surface area (Å²) in [5.41, 5.74) is 9.07. The minimum atomic E-state index is -0.517. The Morgan fingerprint density at radius 1 is 1.11 bits per heavy atom. The summed E-state index contributed by atoms with van der Waals surface area (Å²) in [6.07, 6.45) is 1.38. The number of nitrogen functional groups attached to an aromatic ring is 1. The van der Waals surface area contributed by atoms with Crippen LogP contribution in [0.2, 0.25) is 5.02 Å². The van der Waals surface area contributed by atoms with Gasteiger partial charge in [0.15, 0.2) is 0 Å². The van der Waals surface area contributed by atoms with Crippen molar-refractivity contribution < 1.29 is 9.18 Å². The van der Waals surface area contributed by atoms with Gasteiger partial charge in [0.05, 0.1) is 16.1 Å². The molecule has 2 aromatic heterocycles. The molecule has 2 aromatic carbocycles. The number of carbonyl (C=O) groups excluding carboxylic acids is 1. The number of benzene rings is 2. The van der Waals surface area contributed by atoms with E-state index in [0.29, 0.717) is 32.3 Å². The largest absolute Gasteiger partial charge is 0.397 e. The third kappa shape index (κ3) is 5.26. The highest BCUT2D eigenvalue weighted by Gasteiger charge is 2.21. The first-order chi connectivity index (χ1) is 17.4. The van der Waals surface area contributed by atoms with Crippen molar-refractivity contribution in [2.24, 2.45) is 0 Å². The number of nitrogens with zero attached hydrogens (tertiary/aromatic N) is 4. The van der Waals surface area contributed by atoms with E-state index in [2.05, 4.69) is 37.4 Å². The number of fused-ring (bicyclic) bond motifs is 1. The molecule has 36 heavy (non-hydrogen) atoms. The Morgan fingerprint density at radius 3 is 2.56 bits per heavy atom. The molecule has 1 aliphatic rings. The lowest BCUT2D eigenvalue weighted by atomic mass is 10.1. The van der Waals surface area contributed by atoms with Crippen molar-refractivity contribution in [3.05, 3.63) is 70.1 Å². The molecule has 0 unspecified atom stereocenters. The number of aromatic nitrogens is 2. The summed E-state index contributed by atoms with van der Waals surface area (Å²) in [7, 11) is 2.14. The fourth-order valence-corrected chi connectivity index (χ4v) is 5.21. The van der Waals surface area contributed by atoms with E-state index in [1.165, 1.54) is 35.4 Å². The Labute approximate surface area is 216 Å². The Bertz CT molecular complexity index is 1400. The van der Waals surface area contributed by atoms with Crippen LogP contribution in [0.5, 0.6) is 0 Å². The van der Waals surface area contributed by atoms with E-state index in [-0.39, 0.29) is 16.6 Å². The van der Waals surface area contributed by atoms with E-state index < -0.39 is 5.82 Å². The Morgan fingerprint density at radius 2 is 1.83 bits per heavy atom. The Kier molecular flexibility index (Phi) is 7.01. The van der Waals surface area contributed by atoms with Crippen molar-refractivity contribution >= 4 is 61.9 Å². The highest BCUT2D eigenvalue weighted by molar-refractivity contribution is 7.21. The SMILES string of the molecule is CN1CCN(Cc2ccc(NC(=O)c3sc4ncnc(Nc5ccc(F)c(Cl)c5)c4c3N)cc2)CC1. The van der Waals surface area contributed by atoms with E-state index >= 15 is 0 Å². The van der Waals surface area contributed by atoms with Gasteiger partial charge < -0.3 is 21.3 Å². The number of carbonyl (C=O) groups is 1. The average Bonchev–Trinajstić information content (AvgIpc) is 3.21. The third-order valence-corrected chi connectivity index (χ3v) is 7.53. The van der Waals surface area contributed by atoms with E-state index in [0.717, 1.165) is 32.7 Å². The van der Waals surface area contributed by atoms with Crippen LogP contribution in [-0.4, -0.2) is 58.9 Å². The number of hydrogen-bond donors (Lipinski definition) is 3. The fraction of sp³-hybridized carbons (Fsp3) is 0.240. The van der Waals surface area contributed by atoms with Crippen LogP contribution in [0.3, 0.4) is 0 Å². The number of hydrogen-bond acceptors (Lipinski definition) is 8. The molecule has 186 valence electrons. The van der Waals surface area contributed by atoms with Gasteiger partial charge in [-0.05, 0) is 42.9 Å². The van der Waals surface area contributed by atoms with Crippen molar-refractivity contribution in [1.82, 2.24) is 19.8 Å². The predicted molar refractivity (Wildman–Crippen MR) is 144 cm³/mol. The zero-order valence-electron chi connectivity index (χ0n) is 19.6. The molecule has 0 radical (unpaired) electrons. The number of rotatable bonds is 6. The lowest BCUT2D eigenvalue weighted by Crippen LogP contribution is -2.43. The van der Waals surface area contributed by atoms with Crippen molar-refractivity contribution in [1.29, 1.82) is 0 Å². The van der Waals surface area contributed by atoms with Gasteiger partial charge in [-0.25, -0.2) is 14.4 Å². The van der Waals surface area contributed by atoms with Crippen LogP contribution in [0, 0.1) is 5.82 Å². The van der Waals surface area contributed by atoms with E-state index in [1.807, 2.05) is 24.3 Å². The number of anilines is 4. The van der Waals surface area contributed by atoms with Crippen LogP contribution < -0.4 is 16.4 Å². The second-order valence-corrected chi connectivity index (χ2v) is 10.1. The summed E-state index contributed by atoms with van der Waals surface area (Å²) in [5.74, 6) is -0.432. The lowest BCUT2D eigenvalue weighted by molar-refractivity contribution is 0.103. The molecule has 8 nitrogen and oxygen atoms in total. The number of nitrogens with one attached hydrogen (secondary N) is 2. The van der Waals surface area contributed by atoms with Gasteiger partial charge in [0.1, 0.15) is 27.7 Å². The topological polar surface area (TPSA) is 99.4 Å². The quantitative estimate of drug-likeness (QED) is 0.332. The highest BCUT2D eigenvalue weighted by atomic mass is 35.5. The van der Waals surface area contributed by atoms with Gasteiger partial charge in [0.2, 0.25) is 0 Å². The number of piperazine rings is 1. The van der Waals surface area contributed by atoms with Gasteiger partial charge in [-0.2, -0.15) is 0 Å². The molecule has 0 spiro atoms. The maximum absolute atomic E-state index is 13.5. The van der Waals surface area contributed by atoms with Gasteiger partial charge in [-0.15, -0.1) is 11.3 Å². The van der Waals surface area contributed by atoms with Gasteiger partial charge in [0.25, 0.3) is 5.91 Å². The van der Waals surface area contributed by atoms with Crippen molar-refractivity contribution in [2.45, 2.75) is 6.54 Å². The summed E-state index contributed by atoms with van der Waals surface area (Å²) in [4.78, 5) is 27.3. The molecule has 3 heterocycles. The summed E-state index contributed by atoms with van der Waals surface area (Å²) in [6.45, 7) is 5.13. The first kappa shape index (κ1) is 24.4. The molecule has 0 atom stereocenters. The van der Waals surface area contributed by atoms with Crippen LogP contribution in [0.1, 0.15) is 15.2 Å². The molecular weight excluding hydrogens is 501 g/mol. The highest BCUT2D eigenvalue weighted by Crippen LogP contribution is 2.37. The summed E-state index contributed by atoms with van der Waals surface area (Å²) >= 11 is 7.07. The molecule has 0 bridgehead atoms. The second-order valence-electron chi connectivity index (χ2n) is 8.73. The minimum absolute atomic E-state index is 0.0155. The van der Waals surface area contributed by atoms with E-state index in [9.17, 15) is 9.18 Å². The van der Waals surface area contributed by atoms with Crippen LogP contribution >= 0.6 is 22.9 Å². The summed E-state index contributed by atoms with van der Waals surface area (Å²) in [5, 5.41) is 6.52. The van der Waals surface area contributed by atoms with Gasteiger partial charge in [-0.3, -0.25) is 9.69 Å². The number of thiophene rings is 1. The van der Waals surface area contributed by atoms with E-state index in [1.54, 1.807) is 6.07 Å². The zero-order chi connectivity index (χ0) is 25.2. The van der Waals surface area contributed by atoms with Gasteiger partial charge >= 0.3 is 0 Å². The average molecular weight is 526 g/mol. The number of halogens is 2. The predicted octanol–water partition coefficient (Wildman–Crippen LogP) is 4.81. The van der Waals surface area contributed by atoms with Gasteiger partial charge in [0, 0.05) is 44.1 Å². The molecule has 11 heteroatoms. The molecule has 0 aliphatic carbocycles. The Balaban J connectivity index is 1.31. The molecule has 4 N–H and O–H groups in total. The van der Waals surface area contributed by atoms with E-state index in [4.69, 9.17) is 17.3 Å². The second kappa shape index (κ2) is 10.4. The van der Waals surface area contributed by atoms with Crippen LogP contribution in [-0.2, 0) is 6.54 Å². The van der Waals surface area contributed by atoms with Crippen LogP contribution in [0.15, 0.2) is 48.8 Å². The molecule has 1 fully saturated rings. The standard InChI is InChI=1S/C25H25ClFN7OS/c1-33-8-10-34(11-9-33)13-15-2-4-16(5-3-15)32-24(35)22-21(28)20-23(29-14-30-25(20)36-22)31-17-6-7-19(27)18(26)12-17/h2-7,12,14H,8-11,13,28H2,1H3,(H,32,35)(H,29,30,31). The number of likely N-dealkylation sites (N-methyl/N-ethyl adjacent to an activating group) is 1. The first-order valence-corrected chi connectivity index (χ1v) is 12.6. The molecule has 1 amide bonds. The van der Waals surface area contributed by atoms with Crippen molar-refractivity contribution in [2.75, 3.05) is 49.6 Å². The molecule has 5 rings (SSSR count). The van der Waals surface area contributed by atoms with Crippen molar-refractivity contribution in [3.8, 4) is 0 Å². The zero-order valence-corrected chi connectivity index (χ0v) is 21.2. The minimum Gasteiger partial charge on any atom is -0.397 e. The maximum atomic E-state index is 13.5. The first-order valence-electron chi connectivity index (χ1n) is 11.4. The molecule has 4 aromatic rings. The monoisotopic (exact) mass is 525 g/mol. The number of nitrogens with two attached hydrogens (primary N) is 1. The molecule has 0 saturated carbocycles. The molecule has 1 aliphatic heterocycles. The smallest absolute Gasteiger partial charge is 0.267 e. The number of amides is 1. The summed E-state index contributed by atoms with van der Waals surface area (Å²) in [6, 6.07) is 12.1. The van der Waals surface area contributed by atoms with Crippen LogP contribution in [0.4, 0.5) is 27.3 Å². The van der Waals surface area contributed by atoms with Crippen LogP contribution in [0.25, 0.3) is 10.2 Å². The fourth-order valence-electron chi connectivity index (χ4n) is 4.07. The Hall–Kier alpha value is -3.31. The van der Waals surface area contributed by atoms with Crippen molar-refractivity contribution in [3.63, 3.8) is 0 Å². The normalized spacial score (nSPS) is 14.8.